The summed E-state index contributed by atoms with van der Waals surface area (Å²) in [6.45, 7) is 19.1. The van der Waals surface area contributed by atoms with E-state index in [2.05, 4.69) is 25.7 Å². The van der Waals surface area contributed by atoms with Crippen LogP contribution in [0.15, 0.2) is 83.5 Å². The quantitative estimate of drug-likeness (QED) is 0.0451. The summed E-state index contributed by atoms with van der Waals surface area (Å²) in [5, 5.41) is 23.9. The SMILES string of the molecule is CC(=O)CC(=O)OC(C)C.CC(=O)O.CC1(C)CC(=O)CC(=O)C1.CC1=C(C(=O)OC(C)C)C(c2cn[nH]c2-c2ccc(C(F)(F)F)cc2)C2=C(CC(C)(C)CC2=O)N1.N.O=Cc1cn[nH]c1-c1ccc(C(F)(F)F)cc1. The fourth-order valence-electron chi connectivity index (χ4n) is 8.29. The van der Waals surface area contributed by atoms with E-state index in [0.717, 1.165) is 36.9 Å². The molecule has 1 unspecified atom stereocenters. The van der Waals surface area contributed by atoms with Crippen LogP contribution in [0.4, 0.5) is 26.3 Å². The number of dihydropyridines is 1. The van der Waals surface area contributed by atoms with Gasteiger partial charge in [0, 0.05) is 54.3 Å². The highest BCUT2D eigenvalue weighted by Crippen LogP contribution is 2.48. The lowest BCUT2D eigenvalue weighted by atomic mass is 9.68. The van der Waals surface area contributed by atoms with Crippen molar-refractivity contribution < 1.29 is 79.3 Å². The van der Waals surface area contributed by atoms with Crippen molar-refractivity contribution in [1.29, 1.82) is 0 Å². The van der Waals surface area contributed by atoms with E-state index in [0.29, 0.717) is 82.5 Å². The van der Waals surface area contributed by atoms with Crippen molar-refractivity contribution in [2.75, 3.05) is 0 Å². The van der Waals surface area contributed by atoms with E-state index in [4.69, 9.17) is 19.4 Å². The highest BCUT2D eigenvalue weighted by molar-refractivity contribution is 6.05. The van der Waals surface area contributed by atoms with Gasteiger partial charge < -0.3 is 26.0 Å². The zero-order chi connectivity index (χ0) is 57.7. The number of benzene rings is 2. The Balaban J connectivity index is 0.000000398. The molecule has 0 bridgehead atoms. The fourth-order valence-corrected chi connectivity index (χ4v) is 8.29. The van der Waals surface area contributed by atoms with Gasteiger partial charge in [0.15, 0.2) is 12.1 Å². The summed E-state index contributed by atoms with van der Waals surface area (Å²) in [4.78, 5) is 89.0. The standard InChI is InChI=1S/C26H28F3N3O3.C11H7F3N2O.C8H12O2.C7H12O3.C2H4O2.H3N/c1-13(2)35-24(34)20-14(3)31-18-10-25(4,5)11-19(33)22(18)21(20)17-12-30-32-23(17)15-6-8-16(9-7-15)26(27,28)29;12-11(13,14)9-3-1-7(2-4-9)10-8(6-17)5-15-16-10;1-8(2)4-6(9)3-7(10)5-8;1-5(2)10-7(9)4-6(3)8;1-2(3)4;/h6-9,12-13,21,31H,10-11H2,1-5H3,(H,30,32);1-6H,(H,15,16);3-5H2,1-2H3;5H,4H2,1-3H3;1H3,(H,3,4);1H3. The number of hydrogen-bond acceptors (Lipinski definition) is 14. The minimum Gasteiger partial charge on any atom is -0.481 e. The summed E-state index contributed by atoms with van der Waals surface area (Å²) in [6.07, 6.45) is -3.78. The van der Waals surface area contributed by atoms with Gasteiger partial charge in [0.1, 0.15) is 23.8 Å². The van der Waals surface area contributed by atoms with Gasteiger partial charge in [-0.05, 0) is 88.6 Å². The first-order valence-corrected chi connectivity index (χ1v) is 23.8. The van der Waals surface area contributed by atoms with Crippen LogP contribution in [0.1, 0.15) is 148 Å². The van der Waals surface area contributed by atoms with Crippen LogP contribution in [0, 0.1) is 10.8 Å². The average molecular weight is 1090 g/mol. The van der Waals surface area contributed by atoms with Gasteiger partial charge in [0.2, 0.25) is 0 Å². The number of carbonyl (C=O) groups is 8. The third kappa shape index (κ3) is 20.2. The largest absolute Gasteiger partial charge is 0.481 e. The summed E-state index contributed by atoms with van der Waals surface area (Å²) in [5.74, 6) is -2.65. The van der Waals surface area contributed by atoms with Gasteiger partial charge >= 0.3 is 24.3 Å². The Hall–Kier alpha value is -7.56. The molecule has 77 heavy (non-hydrogen) atoms. The molecule has 1 saturated carbocycles. The molecule has 7 rings (SSSR count). The molecular formula is C54H66F6N6O11. The summed E-state index contributed by atoms with van der Waals surface area (Å²) in [6, 6.07) is 9.21. The number of carbonyl (C=O) groups excluding carboxylic acids is 7. The number of H-pyrrole nitrogens is 2. The maximum Gasteiger partial charge on any atom is 0.416 e. The predicted octanol–water partition coefficient (Wildman–Crippen LogP) is 11.1. The van der Waals surface area contributed by atoms with Crippen LogP contribution in [0.25, 0.3) is 22.5 Å². The van der Waals surface area contributed by atoms with Gasteiger partial charge in [-0.25, -0.2) is 4.79 Å². The molecular weight excluding hydrogens is 1020 g/mol. The first kappa shape index (κ1) is 65.6. The lowest BCUT2D eigenvalue weighted by Gasteiger charge is -2.39. The van der Waals surface area contributed by atoms with Crippen molar-refractivity contribution in [3.63, 3.8) is 0 Å². The summed E-state index contributed by atoms with van der Waals surface area (Å²) < 4.78 is 86.5. The molecule has 2 aliphatic carbocycles. The molecule has 4 aromatic rings. The summed E-state index contributed by atoms with van der Waals surface area (Å²) in [7, 11) is 0. The second kappa shape index (κ2) is 27.5. The fraction of sp³-hybridized carbons (Fsp3) is 0.444. The monoisotopic (exact) mass is 1090 g/mol. The van der Waals surface area contributed by atoms with E-state index in [-0.39, 0.29) is 65.2 Å². The first-order valence-electron chi connectivity index (χ1n) is 23.8. The number of carboxylic acid groups (broad SMARTS) is 1. The number of nitrogens with one attached hydrogen (secondary N) is 3. The van der Waals surface area contributed by atoms with Crippen molar-refractivity contribution in [2.24, 2.45) is 10.8 Å². The zero-order valence-corrected chi connectivity index (χ0v) is 44.7. The molecule has 1 atom stereocenters. The van der Waals surface area contributed by atoms with Gasteiger partial charge in [-0.15, -0.1) is 0 Å². The van der Waals surface area contributed by atoms with Crippen LogP contribution in [0.5, 0.6) is 0 Å². The number of halogens is 6. The Morgan fingerprint density at radius 1 is 0.727 bits per heavy atom. The maximum atomic E-state index is 13.4. The minimum atomic E-state index is -4.46. The number of aliphatic carboxylic acids is 1. The Morgan fingerprint density at radius 2 is 1.17 bits per heavy atom. The van der Waals surface area contributed by atoms with Crippen LogP contribution >= 0.6 is 0 Å². The highest BCUT2D eigenvalue weighted by atomic mass is 19.4. The lowest BCUT2D eigenvalue weighted by molar-refractivity contribution is -0.149. The Kier molecular flexibility index (Phi) is 23.4. The van der Waals surface area contributed by atoms with Gasteiger partial charge in [-0.1, -0.05) is 52.0 Å². The molecule has 3 aliphatic rings. The topological polar surface area (TPSA) is 280 Å². The molecule has 0 spiro atoms. The summed E-state index contributed by atoms with van der Waals surface area (Å²) >= 11 is 0. The molecule has 7 N–H and O–H groups in total. The van der Waals surface area contributed by atoms with Crippen LogP contribution in [-0.2, 0) is 55.4 Å². The number of rotatable bonds is 9. The second-order valence-electron chi connectivity index (χ2n) is 20.3. The van der Waals surface area contributed by atoms with Gasteiger partial charge in [-0.3, -0.25) is 43.8 Å². The molecule has 0 amide bonds. The molecule has 1 aliphatic heterocycles. The molecule has 23 heteroatoms. The lowest BCUT2D eigenvalue weighted by Crippen LogP contribution is -2.39. The smallest absolute Gasteiger partial charge is 0.416 e. The number of ether oxygens (including phenoxy) is 2. The molecule has 17 nitrogen and oxygen atoms in total. The van der Waals surface area contributed by atoms with Crippen molar-refractivity contribution in [3.05, 3.63) is 106 Å². The number of aromatic amines is 2. The van der Waals surface area contributed by atoms with Crippen molar-refractivity contribution >= 4 is 47.3 Å². The molecule has 1 fully saturated rings. The Labute approximate surface area is 441 Å². The second-order valence-corrected chi connectivity index (χ2v) is 20.3. The third-order valence-electron chi connectivity index (χ3n) is 11.1. The third-order valence-corrected chi connectivity index (χ3v) is 11.1. The van der Waals surface area contributed by atoms with Crippen molar-refractivity contribution in [3.8, 4) is 22.5 Å². The number of hydrogen-bond donors (Lipinski definition) is 5. The molecule has 420 valence electrons. The van der Waals surface area contributed by atoms with E-state index < -0.39 is 47.3 Å². The number of aldehydes is 1. The molecule has 0 radical (unpaired) electrons. The first-order chi connectivity index (χ1) is 35.0. The number of carboxylic acids is 1. The van der Waals surface area contributed by atoms with Gasteiger partial charge in [-0.2, -0.15) is 36.5 Å². The maximum absolute atomic E-state index is 13.4. The molecule has 2 aromatic heterocycles. The average Bonchev–Trinajstić information content (AvgIpc) is 3.95. The molecule has 3 heterocycles. The highest BCUT2D eigenvalue weighted by Gasteiger charge is 2.45. The Bertz CT molecular complexity index is 2790. The van der Waals surface area contributed by atoms with E-state index in [9.17, 15) is 59.9 Å². The van der Waals surface area contributed by atoms with Gasteiger partial charge in [0.25, 0.3) is 5.97 Å². The number of nitrogens with zero attached hydrogens (tertiary/aromatic N) is 2. The number of ketones is 4. The van der Waals surface area contributed by atoms with E-state index >= 15 is 0 Å². The van der Waals surface area contributed by atoms with E-state index in [1.54, 1.807) is 34.6 Å². The van der Waals surface area contributed by atoms with Crippen LogP contribution in [0.3, 0.4) is 0 Å². The number of Topliss-reactive ketones (excluding diaryl/α,β-unsaturated/α-hetero) is 4. The normalized spacial score (nSPS) is 16.5. The van der Waals surface area contributed by atoms with E-state index in [1.807, 2.05) is 27.7 Å². The van der Waals surface area contributed by atoms with Crippen LogP contribution in [0.2, 0.25) is 0 Å². The van der Waals surface area contributed by atoms with E-state index in [1.165, 1.54) is 43.6 Å². The number of alkyl halides is 6. The molecule has 0 saturated heterocycles. The van der Waals surface area contributed by atoms with Gasteiger partial charge in [0.05, 0.1) is 70.6 Å². The van der Waals surface area contributed by atoms with Crippen LogP contribution in [-0.4, -0.2) is 85.0 Å². The summed E-state index contributed by atoms with van der Waals surface area (Å²) in [5.41, 5.74) is 2.89. The van der Waals surface area contributed by atoms with Crippen LogP contribution < -0.4 is 11.5 Å². The number of aromatic nitrogens is 4. The van der Waals surface area contributed by atoms with Crippen molar-refractivity contribution in [1.82, 2.24) is 31.9 Å². The molecule has 2 aromatic carbocycles. The Morgan fingerprint density at radius 3 is 1.60 bits per heavy atom. The zero-order valence-electron chi connectivity index (χ0n) is 44.7. The predicted molar refractivity (Wildman–Crippen MR) is 271 cm³/mol. The number of esters is 2. The van der Waals surface area contributed by atoms with Crippen molar-refractivity contribution in [2.45, 2.75) is 145 Å². The number of allylic oxidation sites excluding steroid dienone is 3. The minimum absolute atomic E-state index is 0.